The van der Waals surface area contributed by atoms with Gasteiger partial charge in [0.15, 0.2) is 12.7 Å². The SMILES string of the molecule is CC(C)c1ccc(NC(=O)[C@@H](C)OC(=O)COc2ccc(F)cc2)cc1. The number of anilines is 1. The van der Waals surface area contributed by atoms with E-state index in [2.05, 4.69) is 19.2 Å². The second-order valence-electron chi connectivity index (χ2n) is 6.14. The van der Waals surface area contributed by atoms with Crippen LogP contribution in [0.25, 0.3) is 0 Å². The lowest BCUT2D eigenvalue weighted by Gasteiger charge is -2.14. The number of carbonyl (C=O) groups is 2. The standard InChI is InChI=1S/C20H22FNO4/c1-13(2)15-4-8-17(9-5-15)22-20(24)14(3)26-19(23)12-25-18-10-6-16(21)7-11-18/h4-11,13-14H,12H2,1-3H3,(H,22,24)/t14-/m1/s1. The average molecular weight is 359 g/mol. The maximum absolute atomic E-state index is 12.8. The summed E-state index contributed by atoms with van der Waals surface area (Å²) in [6.45, 7) is 5.28. The van der Waals surface area contributed by atoms with Gasteiger partial charge in [0.2, 0.25) is 0 Å². The minimum absolute atomic E-state index is 0.339. The molecular formula is C20H22FNO4. The Morgan fingerprint density at radius 2 is 1.62 bits per heavy atom. The monoisotopic (exact) mass is 359 g/mol. The van der Waals surface area contributed by atoms with Gasteiger partial charge >= 0.3 is 5.97 Å². The first-order valence-electron chi connectivity index (χ1n) is 8.34. The lowest BCUT2D eigenvalue weighted by atomic mass is 10.0. The van der Waals surface area contributed by atoms with E-state index in [4.69, 9.17) is 9.47 Å². The third-order valence-corrected chi connectivity index (χ3v) is 3.69. The molecule has 0 aromatic heterocycles. The van der Waals surface area contributed by atoms with Crippen LogP contribution in [0.5, 0.6) is 5.75 Å². The zero-order valence-electron chi connectivity index (χ0n) is 15.0. The van der Waals surface area contributed by atoms with E-state index in [0.29, 0.717) is 17.4 Å². The molecule has 0 aliphatic carbocycles. The maximum Gasteiger partial charge on any atom is 0.344 e. The molecule has 138 valence electrons. The molecule has 26 heavy (non-hydrogen) atoms. The molecule has 6 heteroatoms. The predicted octanol–water partition coefficient (Wildman–Crippen LogP) is 3.90. The highest BCUT2D eigenvalue weighted by molar-refractivity contribution is 5.95. The van der Waals surface area contributed by atoms with Crippen LogP contribution in [-0.2, 0) is 14.3 Å². The number of nitrogens with one attached hydrogen (secondary N) is 1. The number of benzene rings is 2. The van der Waals surface area contributed by atoms with Crippen molar-refractivity contribution in [2.45, 2.75) is 32.8 Å². The highest BCUT2D eigenvalue weighted by atomic mass is 19.1. The molecule has 0 saturated carbocycles. The van der Waals surface area contributed by atoms with Crippen LogP contribution < -0.4 is 10.1 Å². The molecule has 5 nitrogen and oxygen atoms in total. The molecular weight excluding hydrogens is 337 g/mol. The van der Waals surface area contributed by atoms with E-state index in [0.717, 1.165) is 0 Å². The van der Waals surface area contributed by atoms with Crippen molar-refractivity contribution in [1.29, 1.82) is 0 Å². The van der Waals surface area contributed by atoms with Crippen molar-refractivity contribution < 1.29 is 23.5 Å². The van der Waals surface area contributed by atoms with Gasteiger partial charge in [-0.05, 0) is 54.8 Å². The average Bonchev–Trinajstić information content (AvgIpc) is 2.61. The minimum Gasteiger partial charge on any atom is -0.482 e. The van der Waals surface area contributed by atoms with Gasteiger partial charge in [0.1, 0.15) is 11.6 Å². The smallest absolute Gasteiger partial charge is 0.344 e. The molecule has 0 spiro atoms. The molecule has 2 aromatic carbocycles. The van der Waals surface area contributed by atoms with E-state index >= 15 is 0 Å². The van der Waals surface area contributed by atoms with Crippen LogP contribution in [0.2, 0.25) is 0 Å². The Kier molecular flexibility index (Phi) is 6.72. The molecule has 0 bridgehead atoms. The summed E-state index contributed by atoms with van der Waals surface area (Å²) < 4.78 is 23.0. The fourth-order valence-corrected chi connectivity index (χ4v) is 2.15. The van der Waals surface area contributed by atoms with Crippen LogP contribution in [0.3, 0.4) is 0 Å². The Balaban J connectivity index is 1.80. The molecule has 0 saturated heterocycles. The van der Waals surface area contributed by atoms with Gasteiger partial charge < -0.3 is 14.8 Å². The fourth-order valence-electron chi connectivity index (χ4n) is 2.15. The first kappa shape index (κ1) is 19.4. The van der Waals surface area contributed by atoms with Gasteiger partial charge in [-0.3, -0.25) is 4.79 Å². The zero-order valence-corrected chi connectivity index (χ0v) is 15.0. The van der Waals surface area contributed by atoms with Gasteiger partial charge in [0, 0.05) is 5.69 Å². The molecule has 0 aliphatic rings. The number of hydrogen-bond donors (Lipinski definition) is 1. The van der Waals surface area contributed by atoms with E-state index in [9.17, 15) is 14.0 Å². The van der Waals surface area contributed by atoms with Crippen LogP contribution in [0.4, 0.5) is 10.1 Å². The van der Waals surface area contributed by atoms with Crippen molar-refractivity contribution in [2.24, 2.45) is 0 Å². The summed E-state index contributed by atoms with van der Waals surface area (Å²) >= 11 is 0. The second kappa shape index (κ2) is 8.99. The van der Waals surface area contributed by atoms with Crippen molar-refractivity contribution in [3.05, 3.63) is 59.9 Å². The summed E-state index contributed by atoms with van der Waals surface area (Å²) in [6, 6.07) is 12.7. The van der Waals surface area contributed by atoms with E-state index in [1.807, 2.05) is 12.1 Å². The molecule has 2 aromatic rings. The quantitative estimate of drug-likeness (QED) is 0.762. The number of halogens is 1. The number of amides is 1. The molecule has 1 amide bonds. The fraction of sp³-hybridized carbons (Fsp3) is 0.300. The lowest BCUT2D eigenvalue weighted by molar-refractivity contribution is -0.155. The van der Waals surface area contributed by atoms with Gasteiger partial charge in [0.05, 0.1) is 0 Å². The molecule has 2 rings (SSSR count). The third kappa shape index (κ3) is 5.88. The Bertz CT molecular complexity index is 741. The Labute approximate surface area is 152 Å². The third-order valence-electron chi connectivity index (χ3n) is 3.69. The summed E-state index contributed by atoms with van der Waals surface area (Å²) in [5.74, 6) is -0.775. The molecule has 0 aliphatic heterocycles. The van der Waals surface area contributed by atoms with Crippen LogP contribution >= 0.6 is 0 Å². The number of rotatable bonds is 7. The van der Waals surface area contributed by atoms with Crippen molar-refractivity contribution in [1.82, 2.24) is 0 Å². The van der Waals surface area contributed by atoms with Crippen LogP contribution in [-0.4, -0.2) is 24.6 Å². The minimum atomic E-state index is -0.968. The maximum atomic E-state index is 12.8. The number of esters is 1. The largest absolute Gasteiger partial charge is 0.482 e. The molecule has 0 radical (unpaired) electrons. The second-order valence-corrected chi connectivity index (χ2v) is 6.14. The van der Waals surface area contributed by atoms with Crippen LogP contribution in [0.1, 0.15) is 32.3 Å². The van der Waals surface area contributed by atoms with E-state index < -0.39 is 23.8 Å². The summed E-state index contributed by atoms with van der Waals surface area (Å²) in [5.41, 5.74) is 1.80. The van der Waals surface area contributed by atoms with Gasteiger partial charge in [-0.15, -0.1) is 0 Å². The summed E-state index contributed by atoms with van der Waals surface area (Å²) in [6.07, 6.45) is -0.968. The Hall–Kier alpha value is -2.89. The highest BCUT2D eigenvalue weighted by Gasteiger charge is 2.18. The van der Waals surface area contributed by atoms with Gasteiger partial charge in [-0.2, -0.15) is 0 Å². The molecule has 0 heterocycles. The first-order valence-corrected chi connectivity index (χ1v) is 8.34. The Morgan fingerprint density at radius 1 is 1.00 bits per heavy atom. The number of ether oxygens (including phenoxy) is 2. The number of hydrogen-bond acceptors (Lipinski definition) is 4. The van der Waals surface area contributed by atoms with E-state index in [1.165, 1.54) is 36.8 Å². The van der Waals surface area contributed by atoms with Crippen molar-refractivity contribution in [2.75, 3.05) is 11.9 Å². The number of carbonyl (C=O) groups excluding carboxylic acids is 2. The van der Waals surface area contributed by atoms with Gasteiger partial charge in [-0.25, -0.2) is 9.18 Å². The lowest BCUT2D eigenvalue weighted by Crippen LogP contribution is -2.31. The summed E-state index contributed by atoms with van der Waals surface area (Å²) in [4.78, 5) is 23.9. The predicted molar refractivity (Wildman–Crippen MR) is 96.6 cm³/mol. The van der Waals surface area contributed by atoms with E-state index in [-0.39, 0.29) is 6.61 Å². The zero-order chi connectivity index (χ0) is 19.1. The van der Waals surface area contributed by atoms with Crippen LogP contribution in [0.15, 0.2) is 48.5 Å². The van der Waals surface area contributed by atoms with Crippen molar-refractivity contribution >= 4 is 17.6 Å². The molecule has 0 fully saturated rings. The van der Waals surface area contributed by atoms with Gasteiger partial charge in [0.25, 0.3) is 5.91 Å². The first-order chi connectivity index (χ1) is 12.3. The van der Waals surface area contributed by atoms with Crippen LogP contribution in [0, 0.1) is 5.82 Å². The van der Waals surface area contributed by atoms with Crippen molar-refractivity contribution in [3.8, 4) is 5.75 Å². The molecule has 1 N–H and O–H groups in total. The summed E-state index contributed by atoms with van der Waals surface area (Å²) in [5, 5.41) is 2.69. The van der Waals surface area contributed by atoms with Gasteiger partial charge in [-0.1, -0.05) is 26.0 Å². The van der Waals surface area contributed by atoms with E-state index in [1.54, 1.807) is 12.1 Å². The molecule has 0 unspecified atom stereocenters. The Morgan fingerprint density at radius 3 is 2.19 bits per heavy atom. The topological polar surface area (TPSA) is 64.6 Å². The summed E-state index contributed by atoms with van der Waals surface area (Å²) in [7, 11) is 0. The van der Waals surface area contributed by atoms with Crippen molar-refractivity contribution in [3.63, 3.8) is 0 Å². The molecule has 1 atom stereocenters. The highest BCUT2D eigenvalue weighted by Crippen LogP contribution is 2.17. The normalized spacial score (nSPS) is 11.7.